The van der Waals surface area contributed by atoms with E-state index in [1.54, 1.807) is 0 Å². The van der Waals surface area contributed by atoms with Crippen LogP contribution in [0, 0.1) is 0 Å². The predicted molar refractivity (Wildman–Crippen MR) is 55.9 cm³/mol. The van der Waals surface area contributed by atoms with Crippen molar-refractivity contribution in [1.29, 1.82) is 0 Å². The first-order chi connectivity index (χ1) is 9.66. The van der Waals surface area contributed by atoms with Crippen LogP contribution in [0.3, 0.4) is 0 Å². The molecule has 0 unspecified atom stereocenters. The van der Waals surface area contributed by atoms with E-state index >= 15 is 0 Å². The second kappa shape index (κ2) is 6.78. The summed E-state index contributed by atoms with van der Waals surface area (Å²) in [7, 11) is 0. The third-order valence-electron chi connectivity index (χ3n) is 2.53. The van der Waals surface area contributed by atoms with Crippen LogP contribution < -0.4 is 0 Å². The van der Waals surface area contributed by atoms with E-state index in [9.17, 15) is 44.3 Å². The molecule has 2 nitrogen and oxygen atoms in total. The first kappa shape index (κ1) is 20.6. The largest absolute Gasteiger partial charge is 0.462 e. The smallest absolute Gasteiger partial charge is 0.453 e. The van der Waals surface area contributed by atoms with Crippen LogP contribution in [-0.4, -0.2) is 36.5 Å². The van der Waals surface area contributed by atoms with Crippen LogP contribution in [0.1, 0.15) is 19.3 Å². The van der Waals surface area contributed by atoms with E-state index in [1.807, 2.05) is 0 Å². The maximum atomic E-state index is 13.1. The average molecular weight is 346 g/mol. The fourth-order valence-electron chi connectivity index (χ4n) is 1.16. The minimum Gasteiger partial charge on any atom is -0.462 e. The minimum atomic E-state index is -6.11. The Balaban J connectivity index is 4.70. The predicted octanol–water partition coefficient (Wildman–Crippen LogP) is 4.35. The number of alkyl halides is 9. The van der Waals surface area contributed by atoms with Gasteiger partial charge in [-0.2, -0.15) is 39.5 Å². The molecule has 0 aromatic rings. The maximum Gasteiger partial charge on any atom is 0.453 e. The summed E-state index contributed by atoms with van der Waals surface area (Å²) >= 11 is 0. The first-order valence-electron chi connectivity index (χ1n) is 5.66. The molecular formula is C11H11F9O2. The molecular weight excluding hydrogens is 335 g/mol. The first-order valence-corrected chi connectivity index (χ1v) is 5.66. The Labute approximate surface area is 118 Å². The topological polar surface area (TPSA) is 26.3 Å². The fourth-order valence-corrected chi connectivity index (χ4v) is 1.16. The standard InChI is InChI=1S/C11H11F9O2/c1-2-7(21)22-6-5-9(14,15)8(12,13)3-4-10(16,17)11(18,19)20/h2H,1,3-6H2. The highest BCUT2D eigenvalue weighted by atomic mass is 19.4. The van der Waals surface area contributed by atoms with Gasteiger partial charge in [-0.15, -0.1) is 0 Å². The molecule has 0 rings (SSSR count). The average Bonchev–Trinajstić information content (AvgIpc) is 2.34. The van der Waals surface area contributed by atoms with E-state index in [2.05, 4.69) is 11.3 Å². The summed E-state index contributed by atoms with van der Waals surface area (Å²) < 4.78 is 117. The Hall–Kier alpha value is -1.42. The van der Waals surface area contributed by atoms with Gasteiger partial charge in [-0.05, 0) is 0 Å². The zero-order chi connectivity index (χ0) is 17.8. The number of carbonyl (C=O) groups excluding carboxylic acids is 1. The number of hydrogen-bond acceptors (Lipinski definition) is 2. The Morgan fingerprint density at radius 1 is 0.818 bits per heavy atom. The Morgan fingerprint density at radius 3 is 1.64 bits per heavy atom. The van der Waals surface area contributed by atoms with E-state index < -0.39 is 55.8 Å². The molecule has 0 fully saturated rings. The van der Waals surface area contributed by atoms with Crippen molar-refractivity contribution in [1.82, 2.24) is 0 Å². The number of esters is 1. The van der Waals surface area contributed by atoms with Crippen LogP contribution in [-0.2, 0) is 9.53 Å². The molecule has 130 valence electrons. The molecule has 0 aliphatic heterocycles. The van der Waals surface area contributed by atoms with Gasteiger partial charge in [-0.3, -0.25) is 0 Å². The second-order valence-electron chi connectivity index (χ2n) is 4.23. The molecule has 0 amide bonds. The summed E-state index contributed by atoms with van der Waals surface area (Å²) in [5.74, 6) is -16.7. The highest BCUT2D eigenvalue weighted by Gasteiger charge is 2.61. The second-order valence-corrected chi connectivity index (χ2v) is 4.23. The zero-order valence-electron chi connectivity index (χ0n) is 10.8. The van der Waals surface area contributed by atoms with Gasteiger partial charge in [0.05, 0.1) is 13.0 Å². The minimum absolute atomic E-state index is 0.570. The summed E-state index contributed by atoms with van der Waals surface area (Å²) in [6.45, 7) is 1.73. The number of ether oxygens (including phenoxy) is 1. The van der Waals surface area contributed by atoms with Gasteiger partial charge in [-0.25, -0.2) is 4.79 Å². The summed E-state index contributed by atoms with van der Waals surface area (Å²) in [4.78, 5) is 10.5. The van der Waals surface area contributed by atoms with Crippen LogP contribution >= 0.6 is 0 Å². The van der Waals surface area contributed by atoms with Gasteiger partial charge in [0.1, 0.15) is 0 Å². The van der Waals surface area contributed by atoms with Crippen LogP contribution in [0.15, 0.2) is 12.7 Å². The number of carbonyl (C=O) groups is 1. The van der Waals surface area contributed by atoms with E-state index in [-0.39, 0.29) is 0 Å². The summed E-state index contributed by atoms with van der Waals surface area (Å²) in [6.07, 6.45) is -12.2. The fraction of sp³-hybridized carbons (Fsp3) is 0.727. The SMILES string of the molecule is C=CC(=O)OCCC(F)(F)C(F)(F)CCC(F)(F)C(F)(F)F. The van der Waals surface area contributed by atoms with Crippen molar-refractivity contribution in [3.8, 4) is 0 Å². The highest BCUT2D eigenvalue weighted by molar-refractivity contribution is 5.81. The van der Waals surface area contributed by atoms with Crippen LogP contribution in [0.2, 0.25) is 0 Å². The molecule has 22 heavy (non-hydrogen) atoms. The number of halogens is 9. The quantitative estimate of drug-likeness (QED) is 0.371. The number of hydrogen-bond donors (Lipinski definition) is 0. The van der Waals surface area contributed by atoms with Gasteiger partial charge in [0.15, 0.2) is 0 Å². The molecule has 0 aliphatic rings. The van der Waals surface area contributed by atoms with Crippen LogP contribution in [0.4, 0.5) is 39.5 Å². The highest BCUT2D eigenvalue weighted by Crippen LogP contribution is 2.45. The van der Waals surface area contributed by atoms with Gasteiger partial charge in [0.2, 0.25) is 0 Å². The van der Waals surface area contributed by atoms with Crippen LogP contribution in [0.25, 0.3) is 0 Å². The van der Waals surface area contributed by atoms with Crippen LogP contribution in [0.5, 0.6) is 0 Å². The molecule has 0 aliphatic carbocycles. The lowest BCUT2D eigenvalue weighted by molar-refractivity contribution is -0.294. The van der Waals surface area contributed by atoms with Gasteiger partial charge >= 0.3 is 29.9 Å². The van der Waals surface area contributed by atoms with E-state index in [4.69, 9.17) is 0 Å². The van der Waals surface area contributed by atoms with Crippen molar-refractivity contribution in [3.63, 3.8) is 0 Å². The molecule has 0 spiro atoms. The van der Waals surface area contributed by atoms with Crippen molar-refractivity contribution in [2.75, 3.05) is 6.61 Å². The van der Waals surface area contributed by atoms with Gasteiger partial charge < -0.3 is 4.74 Å². The molecule has 0 atom stereocenters. The third kappa shape index (κ3) is 5.41. The summed E-state index contributed by atoms with van der Waals surface area (Å²) in [5, 5.41) is 0. The molecule has 0 heterocycles. The monoisotopic (exact) mass is 346 g/mol. The van der Waals surface area contributed by atoms with Gasteiger partial charge in [0, 0.05) is 18.9 Å². The Bertz CT molecular complexity index is 401. The van der Waals surface area contributed by atoms with Gasteiger partial charge in [0.25, 0.3) is 0 Å². The van der Waals surface area contributed by atoms with Gasteiger partial charge in [-0.1, -0.05) is 6.58 Å². The Morgan fingerprint density at radius 2 is 1.23 bits per heavy atom. The molecule has 0 saturated heterocycles. The number of rotatable bonds is 8. The molecule has 11 heteroatoms. The molecule has 0 radical (unpaired) electrons. The van der Waals surface area contributed by atoms with Crippen molar-refractivity contribution in [3.05, 3.63) is 12.7 Å². The Kier molecular flexibility index (Phi) is 6.34. The lowest BCUT2D eigenvalue weighted by Crippen LogP contribution is -2.44. The van der Waals surface area contributed by atoms with Crippen molar-refractivity contribution in [2.24, 2.45) is 0 Å². The molecule has 0 saturated carbocycles. The van der Waals surface area contributed by atoms with E-state index in [1.165, 1.54) is 0 Å². The normalized spacial score (nSPS) is 13.9. The summed E-state index contributed by atoms with van der Waals surface area (Å²) in [6, 6.07) is 0. The molecule has 0 aromatic carbocycles. The lowest BCUT2D eigenvalue weighted by Gasteiger charge is -2.28. The molecule has 0 N–H and O–H groups in total. The van der Waals surface area contributed by atoms with E-state index in [0.29, 0.717) is 6.08 Å². The third-order valence-corrected chi connectivity index (χ3v) is 2.53. The zero-order valence-corrected chi connectivity index (χ0v) is 10.8. The van der Waals surface area contributed by atoms with E-state index in [0.717, 1.165) is 0 Å². The summed E-state index contributed by atoms with van der Waals surface area (Å²) in [5.41, 5.74) is 0. The van der Waals surface area contributed by atoms with Crippen molar-refractivity contribution >= 4 is 5.97 Å². The molecule has 0 aromatic heterocycles. The van der Waals surface area contributed by atoms with Crippen molar-refractivity contribution in [2.45, 2.75) is 43.2 Å². The lowest BCUT2D eigenvalue weighted by atomic mass is 10.0. The van der Waals surface area contributed by atoms with Crippen molar-refractivity contribution < 1.29 is 49.0 Å². The molecule has 0 bridgehead atoms. The maximum absolute atomic E-state index is 13.1.